The molecule has 0 unspecified atom stereocenters. The zero-order valence-corrected chi connectivity index (χ0v) is 16.5. The van der Waals surface area contributed by atoms with E-state index in [9.17, 15) is 4.39 Å². The zero-order valence-electron chi connectivity index (χ0n) is 15.7. The molecule has 0 spiro atoms. The fourth-order valence-electron chi connectivity index (χ4n) is 2.79. The van der Waals surface area contributed by atoms with Gasteiger partial charge in [0.05, 0.1) is 5.75 Å². The molecule has 2 aromatic carbocycles. The maximum atomic E-state index is 13.8. The molecule has 0 saturated carbocycles. The van der Waals surface area contributed by atoms with Crippen LogP contribution in [0.3, 0.4) is 0 Å². The van der Waals surface area contributed by atoms with Crippen molar-refractivity contribution in [2.24, 2.45) is 0 Å². The second kappa shape index (κ2) is 7.55. The largest absolute Gasteiger partial charge is 0.338 e. The molecule has 8 heteroatoms. The Bertz CT molecular complexity index is 1140. The van der Waals surface area contributed by atoms with E-state index in [4.69, 9.17) is 4.52 Å². The number of hydrogen-bond donors (Lipinski definition) is 0. The first-order chi connectivity index (χ1) is 13.5. The average molecular weight is 395 g/mol. The topological polar surface area (TPSA) is 69.6 Å². The maximum absolute atomic E-state index is 13.8. The van der Waals surface area contributed by atoms with E-state index in [2.05, 4.69) is 26.4 Å². The smallest absolute Gasteiger partial charge is 0.237 e. The fourth-order valence-corrected chi connectivity index (χ4v) is 3.62. The second-order valence-electron chi connectivity index (χ2n) is 6.47. The number of hydrogen-bond acceptors (Lipinski definition) is 6. The highest BCUT2D eigenvalue weighted by Gasteiger charge is 2.15. The first-order valence-electron chi connectivity index (χ1n) is 8.72. The van der Waals surface area contributed by atoms with Crippen LogP contribution in [0.2, 0.25) is 0 Å². The molecule has 0 saturated heterocycles. The molecule has 0 radical (unpaired) electrons. The van der Waals surface area contributed by atoms with Gasteiger partial charge in [0.2, 0.25) is 11.7 Å². The van der Waals surface area contributed by atoms with Crippen LogP contribution < -0.4 is 0 Å². The van der Waals surface area contributed by atoms with E-state index >= 15 is 0 Å². The number of aryl methyl sites for hydroxylation is 3. The Morgan fingerprint density at radius 1 is 1.07 bits per heavy atom. The van der Waals surface area contributed by atoms with Crippen molar-refractivity contribution < 1.29 is 8.91 Å². The van der Waals surface area contributed by atoms with E-state index in [0.29, 0.717) is 28.6 Å². The molecule has 0 aliphatic heterocycles. The van der Waals surface area contributed by atoms with E-state index in [1.165, 1.54) is 17.8 Å². The van der Waals surface area contributed by atoms with Gasteiger partial charge >= 0.3 is 0 Å². The summed E-state index contributed by atoms with van der Waals surface area (Å²) in [6.45, 7) is 5.67. The average Bonchev–Trinajstić information content (AvgIpc) is 3.29. The summed E-state index contributed by atoms with van der Waals surface area (Å²) in [6.07, 6.45) is 0. The highest BCUT2D eigenvalue weighted by atomic mass is 32.2. The summed E-state index contributed by atoms with van der Waals surface area (Å²) < 4.78 is 21.1. The fraction of sp³-hybridized carbons (Fsp3) is 0.200. The van der Waals surface area contributed by atoms with Gasteiger partial charge in [0.25, 0.3) is 0 Å². The molecule has 0 atom stereocenters. The molecule has 4 rings (SSSR count). The quantitative estimate of drug-likeness (QED) is 0.457. The summed E-state index contributed by atoms with van der Waals surface area (Å²) in [7, 11) is 0. The minimum atomic E-state index is -0.292. The van der Waals surface area contributed by atoms with Crippen molar-refractivity contribution in [1.82, 2.24) is 24.9 Å². The second-order valence-corrected chi connectivity index (χ2v) is 7.41. The van der Waals surface area contributed by atoms with Crippen molar-refractivity contribution in [2.75, 3.05) is 0 Å². The third kappa shape index (κ3) is 3.68. The van der Waals surface area contributed by atoms with Crippen LogP contribution in [0.5, 0.6) is 0 Å². The Kier molecular flexibility index (Phi) is 4.95. The molecule has 142 valence electrons. The van der Waals surface area contributed by atoms with Crippen LogP contribution in [0, 0.1) is 26.6 Å². The predicted molar refractivity (Wildman–Crippen MR) is 105 cm³/mol. The van der Waals surface area contributed by atoms with E-state index in [1.54, 1.807) is 19.1 Å². The van der Waals surface area contributed by atoms with Gasteiger partial charge in [-0.05, 0) is 50.1 Å². The first kappa shape index (κ1) is 18.4. The van der Waals surface area contributed by atoms with Crippen molar-refractivity contribution in [2.45, 2.75) is 31.7 Å². The zero-order chi connectivity index (χ0) is 19.7. The summed E-state index contributed by atoms with van der Waals surface area (Å²) in [5.41, 5.74) is 3.33. The Morgan fingerprint density at radius 2 is 1.93 bits per heavy atom. The predicted octanol–water partition coefficient (Wildman–Crippen LogP) is 4.67. The number of nitrogens with zero attached hydrogens (tertiary/aromatic N) is 5. The van der Waals surface area contributed by atoms with Crippen LogP contribution in [0.15, 0.2) is 52.1 Å². The van der Waals surface area contributed by atoms with Crippen molar-refractivity contribution >= 4 is 11.8 Å². The summed E-state index contributed by atoms with van der Waals surface area (Å²) >= 11 is 1.45. The molecule has 0 bridgehead atoms. The Labute approximate surface area is 165 Å². The molecule has 6 nitrogen and oxygen atoms in total. The van der Waals surface area contributed by atoms with Crippen LogP contribution in [-0.4, -0.2) is 24.9 Å². The number of aromatic nitrogens is 5. The standard InChI is InChI=1S/C20H18FN5OS/c1-12-5-4-6-16(9-12)26-14(3)23-24-20(26)28-11-18-22-19(25-27-18)15-8-7-13(2)17(21)10-15/h4-10H,11H2,1-3H3. The lowest BCUT2D eigenvalue weighted by molar-refractivity contribution is 0.391. The Morgan fingerprint density at radius 3 is 2.71 bits per heavy atom. The highest BCUT2D eigenvalue weighted by molar-refractivity contribution is 7.98. The maximum Gasteiger partial charge on any atom is 0.237 e. The third-order valence-corrected chi connectivity index (χ3v) is 5.19. The molecule has 0 fully saturated rings. The summed E-state index contributed by atoms with van der Waals surface area (Å²) in [5.74, 6) is 1.75. The van der Waals surface area contributed by atoms with Gasteiger partial charge in [-0.25, -0.2) is 4.39 Å². The van der Waals surface area contributed by atoms with Gasteiger partial charge in [-0.3, -0.25) is 4.57 Å². The van der Waals surface area contributed by atoms with Crippen LogP contribution in [-0.2, 0) is 5.75 Å². The number of benzene rings is 2. The Balaban J connectivity index is 1.53. The van der Waals surface area contributed by atoms with Gasteiger partial charge < -0.3 is 4.52 Å². The molecule has 0 N–H and O–H groups in total. The summed E-state index contributed by atoms with van der Waals surface area (Å²) in [5, 5.41) is 13.1. The van der Waals surface area contributed by atoms with Gasteiger partial charge in [0, 0.05) is 11.3 Å². The van der Waals surface area contributed by atoms with Crippen molar-refractivity contribution in [3.8, 4) is 17.1 Å². The van der Waals surface area contributed by atoms with Gasteiger partial charge in [-0.1, -0.05) is 41.2 Å². The minimum absolute atomic E-state index is 0.292. The molecular formula is C20H18FN5OS. The third-order valence-electron chi connectivity index (χ3n) is 4.28. The van der Waals surface area contributed by atoms with Gasteiger partial charge in [0.15, 0.2) is 5.16 Å². The molecule has 2 heterocycles. The van der Waals surface area contributed by atoms with Crippen LogP contribution >= 0.6 is 11.8 Å². The molecule has 0 aliphatic rings. The Hall–Kier alpha value is -3.00. The normalized spacial score (nSPS) is 11.1. The number of halogens is 1. The van der Waals surface area contributed by atoms with E-state index < -0.39 is 0 Å². The van der Waals surface area contributed by atoms with Crippen molar-refractivity contribution in [3.63, 3.8) is 0 Å². The number of rotatable bonds is 5. The molecular weight excluding hydrogens is 377 g/mol. The van der Waals surface area contributed by atoms with E-state index in [1.807, 2.05) is 36.6 Å². The van der Waals surface area contributed by atoms with Gasteiger partial charge in [-0.2, -0.15) is 4.98 Å². The molecule has 0 amide bonds. The highest BCUT2D eigenvalue weighted by Crippen LogP contribution is 2.26. The summed E-state index contributed by atoms with van der Waals surface area (Å²) in [6, 6.07) is 13.0. The van der Waals surface area contributed by atoms with Crippen molar-refractivity contribution in [1.29, 1.82) is 0 Å². The van der Waals surface area contributed by atoms with Crippen LogP contribution in [0.4, 0.5) is 4.39 Å². The monoisotopic (exact) mass is 395 g/mol. The SMILES string of the molecule is Cc1cccc(-n2c(C)nnc2SCc2nc(-c3ccc(C)c(F)c3)no2)c1. The lowest BCUT2D eigenvalue weighted by atomic mass is 10.1. The molecule has 28 heavy (non-hydrogen) atoms. The molecule has 2 aromatic heterocycles. The van der Waals surface area contributed by atoms with Gasteiger partial charge in [-0.15, -0.1) is 10.2 Å². The summed E-state index contributed by atoms with van der Waals surface area (Å²) in [4.78, 5) is 4.37. The van der Waals surface area contributed by atoms with Crippen LogP contribution in [0.1, 0.15) is 22.8 Å². The van der Waals surface area contributed by atoms with Crippen LogP contribution in [0.25, 0.3) is 17.1 Å². The minimum Gasteiger partial charge on any atom is -0.338 e. The van der Waals surface area contributed by atoms with Crippen molar-refractivity contribution in [3.05, 3.63) is 71.1 Å². The van der Waals surface area contributed by atoms with E-state index in [-0.39, 0.29) is 5.82 Å². The lowest BCUT2D eigenvalue weighted by Gasteiger charge is -2.08. The lowest BCUT2D eigenvalue weighted by Crippen LogP contribution is -1.99. The molecule has 0 aliphatic carbocycles. The van der Waals surface area contributed by atoms with E-state index in [0.717, 1.165) is 22.2 Å². The molecule has 4 aromatic rings. The first-order valence-corrected chi connectivity index (χ1v) is 9.71. The van der Waals surface area contributed by atoms with Gasteiger partial charge in [0.1, 0.15) is 11.6 Å². The number of thioether (sulfide) groups is 1.